The van der Waals surface area contributed by atoms with Crippen LogP contribution in [0, 0.1) is 0 Å². The predicted molar refractivity (Wildman–Crippen MR) is 101 cm³/mol. The van der Waals surface area contributed by atoms with Gasteiger partial charge in [0.25, 0.3) is 0 Å². The van der Waals surface area contributed by atoms with Crippen LogP contribution in [0.15, 0.2) is 24.3 Å². The van der Waals surface area contributed by atoms with E-state index < -0.39 is 8.07 Å². The van der Waals surface area contributed by atoms with Crippen LogP contribution < -0.4 is 0 Å². The molecule has 0 spiro atoms. The highest BCUT2D eigenvalue weighted by atomic mass is 28.3. The van der Waals surface area contributed by atoms with Gasteiger partial charge in [-0.2, -0.15) is 0 Å². The fourth-order valence-corrected chi connectivity index (χ4v) is 10.9. The Morgan fingerprint density at radius 2 is 1.41 bits per heavy atom. The van der Waals surface area contributed by atoms with Gasteiger partial charge in [0, 0.05) is 5.20 Å². The Hall–Kier alpha value is -1.11. The molecule has 0 aliphatic carbocycles. The summed E-state index contributed by atoms with van der Waals surface area (Å²) >= 11 is 0. The smallest absolute Gasteiger partial charge is 0.123 e. The van der Waals surface area contributed by atoms with Crippen LogP contribution in [0.5, 0.6) is 0 Å². The van der Waals surface area contributed by atoms with Crippen LogP contribution in [0.4, 0.5) is 0 Å². The molecule has 0 aliphatic rings. The number of benzene rings is 1. The molecular formula is C20H32OSi. The molecule has 0 fully saturated rings. The van der Waals surface area contributed by atoms with Crippen molar-refractivity contribution in [3.63, 3.8) is 0 Å². The fraction of sp³-hybridized carbons (Fsp3) is 0.600. The molecular weight excluding hydrogens is 284 g/mol. The van der Waals surface area contributed by atoms with E-state index in [0.717, 1.165) is 10.8 Å². The fourth-order valence-electron chi connectivity index (χ4n) is 4.32. The summed E-state index contributed by atoms with van der Waals surface area (Å²) in [5.41, 5.74) is 3.96. The summed E-state index contributed by atoms with van der Waals surface area (Å²) in [6, 6.07) is 8.54. The van der Waals surface area contributed by atoms with Crippen molar-refractivity contribution >= 4 is 19.2 Å². The molecule has 1 aromatic rings. The zero-order chi connectivity index (χ0) is 17.1. The van der Waals surface area contributed by atoms with E-state index in [4.69, 9.17) is 0 Å². The highest BCUT2D eigenvalue weighted by Gasteiger charge is 2.47. The van der Waals surface area contributed by atoms with E-state index in [1.165, 1.54) is 5.56 Å². The minimum absolute atomic E-state index is 0.473. The monoisotopic (exact) mass is 316 g/mol. The average Bonchev–Trinajstić information content (AvgIpc) is 2.43. The Bertz CT molecular complexity index is 527. The first-order valence-corrected chi connectivity index (χ1v) is 10.8. The summed E-state index contributed by atoms with van der Waals surface area (Å²) in [4.78, 5) is 12.0. The molecule has 122 valence electrons. The summed E-state index contributed by atoms with van der Waals surface area (Å²) < 4.78 is 0. The maximum Gasteiger partial charge on any atom is 0.123 e. The third-order valence-electron chi connectivity index (χ3n) is 5.24. The number of rotatable bonds is 6. The van der Waals surface area contributed by atoms with Gasteiger partial charge in [0.05, 0.1) is 0 Å². The summed E-state index contributed by atoms with van der Waals surface area (Å²) in [6.07, 6.45) is 0. The quantitative estimate of drug-likeness (QED) is 0.448. The number of hydrogen-bond donors (Lipinski definition) is 0. The maximum atomic E-state index is 12.0. The molecule has 0 heterocycles. The van der Waals surface area contributed by atoms with Crippen LogP contribution >= 0.6 is 0 Å². The zero-order valence-corrected chi connectivity index (χ0v) is 16.5. The van der Waals surface area contributed by atoms with Crippen molar-refractivity contribution in [1.82, 2.24) is 0 Å². The lowest BCUT2D eigenvalue weighted by atomic mass is 10.0. The van der Waals surface area contributed by atoms with Crippen molar-refractivity contribution < 1.29 is 4.79 Å². The number of hydrogen-bond acceptors (Lipinski definition) is 1. The lowest BCUT2D eigenvalue weighted by Crippen LogP contribution is -2.46. The molecule has 0 amide bonds. The summed E-state index contributed by atoms with van der Waals surface area (Å²) in [5.74, 6) is 2.87. The van der Waals surface area contributed by atoms with Crippen molar-refractivity contribution in [3.8, 4) is 0 Å². The molecule has 0 N–H and O–H groups in total. The molecule has 2 heteroatoms. The Morgan fingerprint density at radius 1 is 0.909 bits per heavy atom. The summed E-state index contributed by atoms with van der Waals surface area (Å²) in [7, 11) is -1.96. The van der Waals surface area contributed by atoms with Gasteiger partial charge >= 0.3 is 0 Å². The van der Waals surface area contributed by atoms with Crippen LogP contribution in [0.25, 0.3) is 5.20 Å². The predicted octanol–water partition coefficient (Wildman–Crippen LogP) is 6.24. The topological polar surface area (TPSA) is 17.1 Å². The zero-order valence-electron chi connectivity index (χ0n) is 15.5. The summed E-state index contributed by atoms with van der Waals surface area (Å²) in [6.45, 7) is 18.1. The molecule has 1 nitrogen and oxygen atoms in total. The van der Waals surface area contributed by atoms with Gasteiger partial charge in [0.15, 0.2) is 0 Å². The van der Waals surface area contributed by atoms with E-state index in [0.29, 0.717) is 22.5 Å². The first kappa shape index (κ1) is 18.9. The molecule has 0 unspecified atom stereocenters. The van der Waals surface area contributed by atoms with E-state index in [1.54, 1.807) is 0 Å². The molecule has 0 aromatic heterocycles. The second-order valence-corrected chi connectivity index (χ2v) is 13.5. The van der Waals surface area contributed by atoms with Crippen molar-refractivity contribution in [1.29, 1.82) is 0 Å². The first-order valence-electron chi connectivity index (χ1n) is 8.55. The Morgan fingerprint density at radius 3 is 1.77 bits per heavy atom. The second-order valence-electron chi connectivity index (χ2n) is 7.65. The van der Waals surface area contributed by atoms with Crippen molar-refractivity contribution in [2.75, 3.05) is 0 Å². The Labute approximate surface area is 137 Å². The maximum absolute atomic E-state index is 12.0. The van der Waals surface area contributed by atoms with Gasteiger partial charge in [-0.3, -0.25) is 0 Å². The molecule has 0 saturated heterocycles. The molecule has 0 saturated carbocycles. The normalized spacial score (nSPS) is 12.4. The number of carbonyl (C=O) groups excluding carboxylic acids is 1. The first-order chi connectivity index (χ1) is 10.2. The van der Waals surface area contributed by atoms with Crippen LogP contribution in [0.1, 0.15) is 72.4 Å². The standard InChI is InChI=1S/C20H32OSi/c1-14(2)18-10-9-11-19(12-18)20(13-21)22(15(3)4,16(5)6)17(7)8/h9-12,14-17H,1-8H3. The van der Waals surface area contributed by atoms with Crippen LogP contribution in [0.3, 0.4) is 0 Å². The lowest BCUT2D eigenvalue weighted by molar-refractivity contribution is 0.569. The molecule has 1 aromatic carbocycles. The van der Waals surface area contributed by atoms with Crippen molar-refractivity contribution in [2.45, 2.75) is 77.9 Å². The van der Waals surface area contributed by atoms with Gasteiger partial charge in [0.2, 0.25) is 0 Å². The molecule has 0 radical (unpaired) electrons. The average molecular weight is 317 g/mol. The van der Waals surface area contributed by atoms with E-state index in [9.17, 15) is 4.79 Å². The van der Waals surface area contributed by atoms with Crippen LogP contribution in [-0.4, -0.2) is 14.0 Å². The van der Waals surface area contributed by atoms with E-state index in [-0.39, 0.29) is 0 Å². The third kappa shape index (κ3) is 3.29. The van der Waals surface area contributed by atoms with Gasteiger partial charge in [-0.05, 0) is 33.7 Å². The second kappa shape index (κ2) is 7.44. The Balaban J connectivity index is 3.58. The van der Waals surface area contributed by atoms with E-state index in [2.05, 4.69) is 85.6 Å². The molecule has 1 rings (SSSR count). The van der Waals surface area contributed by atoms with Crippen LogP contribution in [0.2, 0.25) is 16.6 Å². The molecule has 0 atom stereocenters. The van der Waals surface area contributed by atoms with Crippen LogP contribution in [-0.2, 0) is 4.79 Å². The van der Waals surface area contributed by atoms with E-state index >= 15 is 0 Å². The van der Waals surface area contributed by atoms with Gasteiger partial charge < -0.3 is 0 Å². The highest BCUT2D eigenvalue weighted by Crippen LogP contribution is 2.49. The van der Waals surface area contributed by atoms with Crippen molar-refractivity contribution in [2.24, 2.45) is 0 Å². The largest absolute Gasteiger partial charge is 0.234 e. The minimum atomic E-state index is -1.96. The van der Waals surface area contributed by atoms with Gasteiger partial charge in [-0.1, -0.05) is 79.7 Å². The Kier molecular flexibility index (Phi) is 6.40. The lowest BCUT2D eigenvalue weighted by Gasteiger charge is -2.43. The van der Waals surface area contributed by atoms with Gasteiger partial charge in [-0.25, -0.2) is 4.79 Å². The molecule has 22 heavy (non-hydrogen) atoms. The SMILES string of the molecule is CC(C)c1cccc(C(=C=O)[Si](C(C)C)(C(C)C)C(C)C)c1. The summed E-state index contributed by atoms with van der Waals surface area (Å²) in [5, 5.41) is 0.981. The van der Waals surface area contributed by atoms with Gasteiger partial charge in [-0.15, -0.1) is 0 Å². The highest BCUT2D eigenvalue weighted by molar-refractivity contribution is 7.01. The van der Waals surface area contributed by atoms with Crippen molar-refractivity contribution in [3.05, 3.63) is 35.4 Å². The third-order valence-corrected chi connectivity index (χ3v) is 12.2. The van der Waals surface area contributed by atoms with Gasteiger partial charge in [0.1, 0.15) is 14.0 Å². The molecule has 0 aliphatic heterocycles. The minimum Gasteiger partial charge on any atom is -0.234 e. The van der Waals surface area contributed by atoms with E-state index in [1.807, 2.05) is 0 Å². The molecule has 0 bridgehead atoms.